The Balaban J connectivity index is 1.11. The first-order valence-corrected chi connectivity index (χ1v) is 20.3. The third-order valence-electron chi connectivity index (χ3n) is 11.8. The highest BCUT2D eigenvalue weighted by atomic mass is 15.0. The second-order valence-corrected chi connectivity index (χ2v) is 15.1. The Bertz CT molecular complexity index is 3230. The predicted octanol–water partition coefficient (Wildman–Crippen LogP) is 15.5. The van der Waals surface area contributed by atoms with Crippen LogP contribution in [0.1, 0.15) is 13.3 Å². The first kappa shape index (κ1) is 35.9. The lowest BCUT2D eigenvalue weighted by molar-refractivity contribution is 1.22. The fourth-order valence-electron chi connectivity index (χ4n) is 9.01. The summed E-state index contributed by atoms with van der Waals surface area (Å²) in [6, 6.07) is 61.4. The van der Waals surface area contributed by atoms with E-state index in [0.717, 1.165) is 39.1 Å². The standard InChI is InChI=1S/C56H43N3/c1-4-37(32-33-58-56-50-25-13-11-23-48(50)47-22-10-12-24-49(47)55(56)57-3)34-42(5-2)59-53-30-28-40(45-26-14-18-38-16-6-8-20-43(38)45)35-51(53)52-36-41(29-31-54(52)59)46-27-15-19-39-17-7-9-21-44(39)46/h4-31,33-36,57H,2,32H2,1,3H3/b37-4-,42-34+,58-33-. The summed E-state index contributed by atoms with van der Waals surface area (Å²) in [6.45, 7) is 6.47. The van der Waals surface area contributed by atoms with Crippen molar-refractivity contribution in [2.75, 3.05) is 12.4 Å². The SMILES string of the molecule is C=C/C(=C\C(=C/C)C/C=N\c1c(NC)c2ccccc2c2ccccc12)n1c2ccc(-c3cccc4ccccc34)cc2c2cc(-c3cccc4ccccc34)ccc21. The number of hydrogen-bond donors (Lipinski definition) is 1. The third kappa shape index (κ3) is 6.20. The molecule has 3 heteroatoms. The average molecular weight is 758 g/mol. The van der Waals surface area contributed by atoms with Gasteiger partial charge < -0.3 is 9.88 Å². The Kier molecular flexibility index (Phi) is 9.19. The second-order valence-electron chi connectivity index (χ2n) is 15.1. The van der Waals surface area contributed by atoms with Crippen LogP contribution in [0.4, 0.5) is 11.4 Å². The molecule has 10 rings (SSSR count). The molecule has 0 aliphatic heterocycles. The minimum absolute atomic E-state index is 0.658. The zero-order chi connectivity index (χ0) is 39.9. The molecule has 0 unspecified atom stereocenters. The maximum Gasteiger partial charge on any atom is 0.0941 e. The molecule has 0 radical (unpaired) electrons. The Morgan fingerprint density at radius 3 is 1.59 bits per heavy atom. The molecule has 9 aromatic carbocycles. The molecule has 0 spiro atoms. The maximum atomic E-state index is 5.17. The highest BCUT2D eigenvalue weighted by Crippen LogP contribution is 2.43. The Hall–Kier alpha value is -7.49. The highest BCUT2D eigenvalue weighted by Gasteiger charge is 2.17. The summed E-state index contributed by atoms with van der Waals surface area (Å²) in [7, 11) is 1.98. The van der Waals surface area contributed by atoms with Crippen molar-refractivity contribution in [2.45, 2.75) is 13.3 Å². The smallest absolute Gasteiger partial charge is 0.0941 e. The van der Waals surface area contributed by atoms with Gasteiger partial charge in [-0.1, -0.05) is 158 Å². The number of nitrogens with one attached hydrogen (secondary N) is 1. The van der Waals surface area contributed by atoms with Crippen LogP contribution in [0.5, 0.6) is 0 Å². The summed E-state index contributed by atoms with van der Waals surface area (Å²) in [5.74, 6) is 0. The van der Waals surface area contributed by atoms with Gasteiger partial charge in [-0.2, -0.15) is 0 Å². The van der Waals surface area contributed by atoms with Crippen LogP contribution in [0.25, 0.3) is 92.8 Å². The lowest BCUT2D eigenvalue weighted by Gasteiger charge is -2.14. The zero-order valence-corrected chi connectivity index (χ0v) is 33.3. The van der Waals surface area contributed by atoms with Crippen molar-refractivity contribution >= 4 is 88.2 Å². The molecule has 1 N–H and O–H groups in total. The van der Waals surface area contributed by atoms with Crippen LogP contribution in [0.2, 0.25) is 0 Å². The number of rotatable bonds is 9. The van der Waals surface area contributed by atoms with E-state index in [2.05, 4.69) is 205 Å². The quantitative estimate of drug-likeness (QED) is 0.0887. The Morgan fingerprint density at radius 1 is 0.559 bits per heavy atom. The van der Waals surface area contributed by atoms with E-state index in [4.69, 9.17) is 4.99 Å². The molecule has 1 heterocycles. The van der Waals surface area contributed by atoms with Crippen molar-refractivity contribution in [3.05, 3.63) is 200 Å². The first-order chi connectivity index (χ1) is 29.1. The number of fused-ring (bicyclic) bond motifs is 8. The zero-order valence-electron chi connectivity index (χ0n) is 33.3. The maximum absolute atomic E-state index is 5.17. The molecule has 1 aromatic heterocycles. The summed E-state index contributed by atoms with van der Waals surface area (Å²) in [4.78, 5) is 5.17. The summed E-state index contributed by atoms with van der Waals surface area (Å²) >= 11 is 0. The topological polar surface area (TPSA) is 29.3 Å². The number of aromatic nitrogens is 1. The van der Waals surface area contributed by atoms with E-state index in [9.17, 15) is 0 Å². The number of allylic oxidation sites excluding steroid dienone is 5. The molecule has 0 saturated heterocycles. The van der Waals surface area contributed by atoms with Gasteiger partial charge in [0.1, 0.15) is 0 Å². The molecule has 0 aliphatic rings. The van der Waals surface area contributed by atoms with Crippen LogP contribution in [0, 0.1) is 0 Å². The fraction of sp³-hybridized carbons (Fsp3) is 0.0536. The molecular formula is C56H43N3. The normalized spacial score (nSPS) is 12.5. The summed E-state index contributed by atoms with van der Waals surface area (Å²) in [5, 5.41) is 15.6. The highest BCUT2D eigenvalue weighted by molar-refractivity contribution is 6.20. The van der Waals surface area contributed by atoms with E-state index >= 15 is 0 Å². The monoisotopic (exact) mass is 757 g/mol. The molecular weight excluding hydrogens is 715 g/mol. The Morgan fingerprint density at radius 2 is 1.05 bits per heavy atom. The number of anilines is 1. The predicted molar refractivity (Wildman–Crippen MR) is 257 cm³/mol. The molecule has 0 bridgehead atoms. The fourth-order valence-corrected chi connectivity index (χ4v) is 9.01. The Labute approximate surface area is 344 Å². The molecule has 0 aliphatic carbocycles. The third-order valence-corrected chi connectivity index (χ3v) is 11.8. The van der Waals surface area contributed by atoms with E-state index in [-0.39, 0.29) is 0 Å². The van der Waals surface area contributed by atoms with Gasteiger partial charge in [0.15, 0.2) is 0 Å². The van der Waals surface area contributed by atoms with Gasteiger partial charge in [-0.05, 0) is 103 Å². The largest absolute Gasteiger partial charge is 0.386 e. The van der Waals surface area contributed by atoms with Gasteiger partial charge in [-0.3, -0.25) is 4.99 Å². The van der Waals surface area contributed by atoms with Crippen LogP contribution < -0.4 is 5.32 Å². The summed E-state index contributed by atoms with van der Waals surface area (Å²) in [5.41, 5.74) is 11.3. The van der Waals surface area contributed by atoms with Crippen LogP contribution in [-0.4, -0.2) is 17.8 Å². The van der Waals surface area contributed by atoms with Crippen LogP contribution >= 0.6 is 0 Å². The lowest BCUT2D eigenvalue weighted by Crippen LogP contribution is -1.96. The summed E-state index contributed by atoms with van der Waals surface area (Å²) in [6.07, 6.45) is 9.12. The van der Waals surface area contributed by atoms with E-state index in [1.807, 2.05) is 19.3 Å². The van der Waals surface area contributed by atoms with E-state index in [1.54, 1.807) is 0 Å². The average Bonchev–Trinajstić information content (AvgIpc) is 3.62. The number of hydrogen-bond acceptors (Lipinski definition) is 2. The van der Waals surface area contributed by atoms with Crippen molar-refractivity contribution in [2.24, 2.45) is 4.99 Å². The van der Waals surface area contributed by atoms with Crippen molar-refractivity contribution in [3.63, 3.8) is 0 Å². The number of benzene rings is 9. The molecule has 0 amide bonds. The molecule has 59 heavy (non-hydrogen) atoms. The van der Waals surface area contributed by atoms with Crippen molar-refractivity contribution in [3.8, 4) is 22.3 Å². The number of aliphatic imine (C=N–C) groups is 1. The number of nitrogens with zero attached hydrogens (tertiary/aromatic N) is 2. The van der Waals surface area contributed by atoms with Gasteiger partial charge in [0.25, 0.3) is 0 Å². The van der Waals surface area contributed by atoms with E-state index < -0.39 is 0 Å². The minimum Gasteiger partial charge on any atom is -0.386 e. The van der Waals surface area contributed by atoms with Gasteiger partial charge >= 0.3 is 0 Å². The molecule has 10 aromatic rings. The van der Waals surface area contributed by atoms with Gasteiger partial charge in [-0.15, -0.1) is 0 Å². The molecule has 0 fully saturated rings. The van der Waals surface area contributed by atoms with Gasteiger partial charge in [0.05, 0.1) is 22.4 Å². The molecule has 0 atom stereocenters. The minimum atomic E-state index is 0.658. The van der Waals surface area contributed by atoms with Gasteiger partial charge in [-0.25, -0.2) is 0 Å². The van der Waals surface area contributed by atoms with Crippen LogP contribution in [-0.2, 0) is 0 Å². The van der Waals surface area contributed by atoms with Gasteiger partial charge in [0, 0.05) is 46.9 Å². The summed E-state index contributed by atoms with van der Waals surface area (Å²) < 4.78 is 2.37. The van der Waals surface area contributed by atoms with E-state index in [1.165, 1.54) is 70.7 Å². The van der Waals surface area contributed by atoms with Crippen molar-refractivity contribution in [1.82, 2.24) is 4.57 Å². The molecule has 282 valence electrons. The van der Waals surface area contributed by atoms with E-state index in [0.29, 0.717) is 6.42 Å². The second kappa shape index (κ2) is 15.1. The molecule has 0 saturated carbocycles. The molecule has 3 nitrogen and oxygen atoms in total. The van der Waals surface area contributed by atoms with Crippen LogP contribution in [0.3, 0.4) is 0 Å². The first-order valence-electron chi connectivity index (χ1n) is 20.3. The van der Waals surface area contributed by atoms with Crippen molar-refractivity contribution in [1.29, 1.82) is 0 Å². The lowest BCUT2D eigenvalue weighted by atomic mass is 9.95. The van der Waals surface area contributed by atoms with Crippen molar-refractivity contribution < 1.29 is 0 Å². The van der Waals surface area contributed by atoms with Crippen LogP contribution in [0.15, 0.2) is 205 Å². The van der Waals surface area contributed by atoms with Gasteiger partial charge in [0.2, 0.25) is 0 Å².